The van der Waals surface area contributed by atoms with E-state index in [1.165, 1.54) is 0 Å². The summed E-state index contributed by atoms with van der Waals surface area (Å²) in [4.78, 5) is 11.7. The molecule has 0 aromatic rings. The molecule has 2 N–H and O–H groups in total. The Morgan fingerprint density at radius 3 is 2.55 bits per heavy atom. The smallest absolute Gasteiger partial charge is 0.223 e. The first-order valence-corrected chi connectivity index (χ1v) is 11.2. The fourth-order valence-electron chi connectivity index (χ4n) is 2.37. The highest BCUT2D eigenvalue weighted by Gasteiger charge is 2.09. The number of carbonyl (C=O) groups is 1. The number of nitriles is 1. The molecule has 166 valence electrons. The van der Waals surface area contributed by atoms with Crippen LogP contribution in [0.25, 0.3) is 0 Å². The van der Waals surface area contributed by atoms with Crippen molar-refractivity contribution in [2.75, 3.05) is 53.2 Å². The van der Waals surface area contributed by atoms with Gasteiger partial charge in [0, 0.05) is 12.3 Å². The Bertz CT molecular complexity index is 502. The van der Waals surface area contributed by atoms with Crippen molar-refractivity contribution in [2.45, 2.75) is 51.4 Å². The molecule has 1 amide bonds. The van der Waals surface area contributed by atoms with Crippen molar-refractivity contribution >= 4 is 17.7 Å². The summed E-state index contributed by atoms with van der Waals surface area (Å²) in [6.45, 7) is 7.65. The molecule has 0 saturated heterocycles. The molecule has 0 spiro atoms. The maximum atomic E-state index is 11.7. The first-order chi connectivity index (χ1) is 14.1. The molecule has 0 heterocycles. The number of carbonyl (C=O) groups excluding carboxylic acids is 1. The summed E-state index contributed by atoms with van der Waals surface area (Å²) in [7, 11) is 1.90. The van der Waals surface area contributed by atoms with Gasteiger partial charge in [0.05, 0.1) is 39.6 Å². The van der Waals surface area contributed by atoms with Crippen LogP contribution in [0, 0.1) is 28.4 Å². The largest absolute Gasteiger partial charge is 0.379 e. The van der Waals surface area contributed by atoms with Gasteiger partial charge in [-0.2, -0.15) is 5.26 Å². The Hall–Kier alpha value is -1.29. The Morgan fingerprint density at radius 2 is 1.86 bits per heavy atom. The summed E-state index contributed by atoms with van der Waals surface area (Å²) in [5.41, 5.74) is -0.119. The molecule has 0 aliphatic rings. The average molecular weight is 428 g/mol. The number of thioether (sulfide) groups is 1. The first-order valence-electron chi connectivity index (χ1n) is 10.4. The summed E-state index contributed by atoms with van der Waals surface area (Å²) in [5, 5.41) is 16.7. The van der Waals surface area contributed by atoms with E-state index in [0.29, 0.717) is 51.9 Å². The maximum Gasteiger partial charge on any atom is 0.223 e. The van der Waals surface area contributed by atoms with Crippen molar-refractivity contribution < 1.29 is 19.0 Å². The summed E-state index contributed by atoms with van der Waals surface area (Å²) in [5.74, 6) is 6.42. The number of hydrogen-bond donors (Lipinski definition) is 2. The number of rotatable bonds is 18. The van der Waals surface area contributed by atoms with Crippen molar-refractivity contribution in [3.63, 3.8) is 0 Å². The predicted octanol–water partition coefficient (Wildman–Crippen LogP) is 2.52. The number of nitrogens with zero attached hydrogens (tertiary/aromatic N) is 1. The van der Waals surface area contributed by atoms with Crippen molar-refractivity contribution in [3.8, 4) is 17.2 Å². The second kappa shape index (κ2) is 21.4. The zero-order valence-electron chi connectivity index (χ0n) is 18.1. The van der Waals surface area contributed by atoms with Gasteiger partial charge in [0.25, 0.3) is 0 Å². The molecule has 0 bridgehead atoms. The van der Waals surface area contributed by atoms with E-state index in [2.05, 4.69) is 41.7 Å². The lowest BCUT2D eigenvalue weighted by molar-refractivity contribution is -0.122. The lowest BCUT2D eigenvalue weighted by Crippen LogP contribution is -2.25. The van der Waals surface area contributed by atoms with E-state index in [0.717, 1.165) is 44.0 Å². The van der Waals surface area contributed by atoms with E-state index in [9.17, 15) is 4.79 Å². The van der Waals surface area contributed by atoms with Crippen LogP contribution in [0.5, 0.6) is 0 Å². The van der Waals surface area contributed by atoms with Gasteiger partial charge in [-0.25, -0.2) is 0 Å². The number of amides is 1. The molecule has 2 atom stereocenters. The number of nitrogens with one attached hydrogen (secondary N) is 2. The zero-order chi connectivity index (χ0) is 21.6. The van der Waals surface area contributed by atoms with Crippen molar-refractivity contribution in [1.29, 1.82) is 5.26 Å². The molecule has 0 saturated carbocycles. The third-order valence-corrected chi connectivity index (χ3v) is 4.61. The molecule has 0 fully saturated rings. The molecule has 8 heteroatoms. The normalized spacial score (nSPS) is 12.5. The molecule has 0 aliphatic carbocycles. The SMILES string of the molecule is CCCC(C)C#CCNC(=O)CCOCCOCCOC(CCCNC)SC#N. The van der Waals surface area contributed by atoms with Crippen molar-refractivity contribution in [1.82, 2.24) is 10.6 Å². The lowest BCUT2D eigenvalue weighted by Gasteiger charge is -2.14. The average Bonchev–Trinajstić information content (AvgIpc) is 2.70. The molecule has 2 unspecified atom stereocenters. The maximum absolute atomic E-state index is 11.7. The number of thiocyanates is 1. The lowest BCUT2D eigenvalue weighted by atomic mass is 10.1. The predicted molar refractivity (Wildman–Crippen MR) is 117 cm³/mol. The molecule has 0 aromatic heterocycles. The van der Waals surface area contributed by atoms with Crippen LogP contribution in [0.4, 0.5) is 0 Å². The Balaban J connectivity index is 3.53. The highest BCUT2D eigenvalue weighted by Crippen LogP contribution is 2.16. The Kier molecular flexibility index (Phi) is 20.5. The van der Waals surface area contributed by atoms with Gasteiger partial charge in [-0.05, 0) is 44.6 Å². The van der Waals surface area contributed by atoms with Crippen LogP contribution in [-0.4, -0.2) is 64.5 Å². The Labute approximate surface area is 180 Å². The van der Waals surface area contributed by atoms with E-state index < -0.39 is 0 Å². The zero-order valence-corrected chi connectivity index (χ0v) is 18.9. The third-order valence-electron chi connectivity index (χ3n) is 3.87. The fourth-order valence-corrected chi connectivity index (χ4v) is 2.93. The highest BCUT2D eigenvalue weighted by molar-refractivity contribution is 8.04. The van der Waals surface area contributed by atoms with Gasteiger partial charge in [0.15, 0.2) is 0 Å². The van der Waals surface area contributed by atoms with Crippen LogP contribution in [0.15, 0.2) is 0 Å². The molecule has 7 nitrogen and oxygen atoms in total. The molecule has 29 heavy (non-hydrogen) atoms. The topological polar surface area (TPSA) is 92.6 Å². The van der Waals surface area contributed by atoms with Crippen LogP contribution >= 0.6 is 11.8 Å². The number of hydrogen-bond acceptors (Lipinski definition) is 7. The standard InChI is InChI=1S/C21H37N3O4S/c1-4-7-19(2)8-5-12-24-20(25)10-13-26-14-15-27-16-17-28-21(29-18-22)9-6-11-23-3/h19,21,23H,4,6-7,9-17H2,1-3H3,(H,24,25). The van der Waals surface area contributed by atoms with Crippen molar-refractivity contribution in [2.24, 2.45) is 5.92 Å². The van der Waals surface area contributed by atoms with Crippen LogP contribution in [0.1, 0.15) is 46.0 Å². The summed E-state index contributed by atoms with van der Waals surface area (Å²) >= 11 is 1.14. The first kappa shape index (κ1) is 27.7. The summed E-state index contributed by atoms with van der Waals surface area (Å²) in [6.07, 6.45) is 4.30. The second-order valence-corrected chi connectivity index (χ2v) is 7.46. The minimum Gasteiger partial charge on any atom is -0.379 e. The Morgan fingerprint density at radius 1 is 1.14 bits per heavy atom. The van der Waals surface area contributed by atoms with Gasteiger partial charge in [0.1, 0.15) is 10.8 Å². The van der Waals surface area contributed by atoms with E-state index in [-0.39, 0.29) is 11.3 Å². The van der Waals surface area contributed by atoms with E-state index in [1.807, 2.05) is 7.05 Å². The van der Waals surface area contributed by atoms with Gasteiger partial charge in [-0.1, -0.05) is 32.1 Å². The number of ether oxygens (including phenoxy) is 3. The minimum absolute atomic E-state index is 0.0592. The monoisotopic (exact) mass is 427 g/mol. The van der Waals surface area contributed by atoms with Crippen LogP contribution < -0.4 is 10.6 Å². The van der Waals surface area contributed by atoms with Gasteiger partial charge < -0.3 is 24.8 Å². The molecule has 0 rings (SSSR count). The molecular formula is C21H37N3O4S. The highest BCUT2D eigenvalue weighted by atomic mass is 32.2. The summed E-state index contributed by atoms with van der Waals surface area (Å²) in [6, 6.07) is 0. The molecule has 0 aromatic carbocycles. The second-order valence-electron chi connectivity index (χ2n) is 6.52. The van der Waals surface area contributed by atoms with Crippen molar-refractivity contribution in [3.05, 3.63) is 0 Å². The minimum atomic E-state index is -0.119. The van der Waals surface area contributed by atoms with Gasteiger partial charge >= 0.3 is 0 Å². The van der Waals surface area contributed by atoms with Gasteiger partial charge in [-0.15, -0.1) is 0 Å². The van der Waals surface area contributed by atoms with Crippen LogP contribution in [0.3, 0.4) is 0 Å². The summed E-state index contributed by atoms with van der Waals surface area (Å²) < 4.78 is 16.5. The van der Waals surface area contributed by atoms with Crippen LogP contribution in [-0.2, 0) is 19.0 Å². The third kappa shape index (κ3) is 19.8. The van der Waals surface area contributed by atoms with Gasteiger partial charge in [-0.3, -0.25) is 4.79 Å². The van der Waals surface area contributed by atoms with Gasteiger partial charge in [0.2, 0.25) is 5.91 Å². The molecular weight excluding hydrogens is 390 g/mol. The van der Waals surface area contributed by atoms with E-state index in [4.69, 9.17) is 19.5 Å². The van der Waals surface area contributed by atoms with E-state index >= 15 is 0 Å². The quantitative estimate of drug-likeness (QED) is 0.150. The van der Waals surface area contributed by atoms with E-state index in [1.54, 1.807) is 0 Å². The van der Waals surface area contributed by atoms with Crippen LogP contribution in [0.2, 0.25) is 0 Å². The molecule has 0 radical (unpaired) electrons. The molecule has 0 aliphatic heterocycles. The fraction of sp³-hybridized carbons (Fsp3) is 0.810.